The van der Waals surface area contributed by atoms with Crippen LogP contribution < -0.4 is 15.4 Å². The number of anilines is 2. The molecule has 2 amide bonds. The van der Waals surface area contributed by atoms with Gasteiger partial charge in [0.2, 0.25) is 11.8 Å². The van der Waals surface area contributed by atoms with Gasteiger partial charge in [0.15, 0.2) is 0 Å². The van der Waals surface area contributed by atoms with Crippen LogP contribution in [0, 0.1) is 0 Å². The molecule has 0 aliphatic carbocycles. The van der Waals surface area contributed by atoms with Crippen LogP contribution in [0.5, 0.6) is 5.75 Å². The van der Waals surface area contributed by atoms with Crippen LogP contribution in [0.4, 0.5) is 11.4 Å². The third-order valence-corrected chi connectivity index (χ3v) is 3.60. The molecule has 0 bridgehead atoms. The molecule has 6 heteroatoms. The van der Waals surface area contributed by atoms with Gasteiger partial charge < -0.3 is 15.4 Å². The number of carbonyl (C=O) groups is 2. The summed E-state index contributed by atoms with van der Waals surface area (Å²) in [5, 5.41) is 5.49. The Morgan fingerprint density at radius 2 is 1.78 bits per heavy atom. The Bertz CT molecular complexity index is 714. The van der Waals surface area contributed by atoms with E-state index in [0.717, 1.165) is 10.0 Å². The van der Waals surface area contributed by atoms with E-state index in [-0.39, 0.29) is 18.2 Å². The molecule has 0 aliphatic heterocycles. The molecule has 0 radical (unpaired) electrons. The second kappa shape index (κ2) is 7.78. The zero-order chi connectivity index (χ0) is 16.8. The van der Waals surface area contributed by atoms with Gasteiger partial charge in [0, 0.05) is 17.1 Å². The minimum Gasteiger partial charge on any atom is -0.495 e. The quantitative estimate of drug-likeness (QED) is 0.837. The Balaban J connectivity index is 2.12. The van der Waals surface area contributed by atoms with E-state index in [0.29, 0.717) is 17.1 Å². The summed E-state index contributed by atoms with van der Waals surface area (Å²) in [6.45, 7) is 1.43. The van der Waals surface area contributed by atoms with Crippen LogP contribution in [0.1, 0.15) is 12.5 Å². The van der Waals surface area contributed by atoms with Crippen LogP contribution >= 0.6 is 15.9 Å². The lowest BCUT2D eigenvalue weighted by atomic mass is 10.1. The zero-order valence-electron chi connectivity index (χ0n) is 12.9. The van der Waals surface area contributed by atoms with E-state index in [1.54, 1.807) is 18.2 Å². The van der Waals surface area contributed by atoms with Crippen LogP contribution in [-0.2, 0) is 16.0 Å². The van der Waals surface area contributed by atoms with Gasteiger partial charge in [-0.2, -0.15) is 0 Å². The minimum absolute atomic E-state index is 0.161. The number of ether oxygens (including phenoxy) is 1. The average Bonchev–Trinajstić information content (AvgIpc) is 2.49. The fourth-order valence-electron chi connectivity index (χ4n) is 2.07. The van der Waals surface area contributed by atoms with E-state index >= 15 is 0 Å². The zero-order valence-corrected chi connectivity index (χ0v) is 14.4. The molecule has 2 aromatic rings. The smallest absolute Gasteiger partial charge is 0.228 e. The molecule has 0 saturated carbocycles. The maximum atomic E-state index is 12.2. The predicted molar refractivity (Wildman–Crippen MR) is 93.8 cm³/mol. The Morgan fingerprint density at radius 1 is 1.09 bits per heavy atom. The Morgan fingerprint density at radius 3 is 2.39 bits per heavy atom. The van der Waals surface area contributed by atoms with Gasteiger partial charge >= 0.3 is 0 Å². The predicted octanol–water partition coefficient (Wildman–Crippen LogP) is 3.60. The number of amides is 2. The molecule has 2 rings (SSSR count). The SMILES string of the molecule is COc1ccc(NC(C)=O)cc1NC(=O)Cc1ccc(Br)cc1. The molecule has 2 N–H and O–H groups in total. The monoisotopic (exact) mass is 376 g/mol. The van der Waals surface area contributed by atoms with Crippen molar-refractivity contribution in [2.75, 3.05) is 17.7 Å². The second-order valence-corrected chi connectivity index (χ2v) is 5.86. The normalized spacial score (nSPS) is 10.0. The molecule has 5 nitrogen and oxygen atoms in total. The lowest BCUT2D eigenvalue weighted by Crippen LogP contribution is -2.15. The molecule has 0 spiro atoms. The Kier molecular flexibility index (Phi) is 5.76. The maximum absolute atomic E-state index is 12.2. The lowest BCUT2D eigenvalue weighted by Gasteiger charge is -2.12. The number of halogens is 1. The summed E-state index contributed by atoms with van der Waals surface area (Å²) >= 11 is 3.36. The summed E-state index contributed by atoms with van der Waals surface area (Å²) in [7, 11) is 1.53. The summed E-state index contributed by atoms with van der Waals surface area (Å²) in [5.74, 6) is 0.191. The number of hydrogen-bond acceptors (Lipinski definition) is 3. The van der Waals surface area contributed by atoms with E-state index < -0.39 is 0 Å². The summed E-state index contributed by atoms with van der Waals surface area (Å²) in [6, 6.07) is 12.6. The third kappa shape index (κ3) is 5.10. The standard InChI is InChI=1S/C17H17BrN2O3/c1-11(21)19-14-7-8-16(23-2)15(10-14)20-17(22)9-12-3-5-13(18)6-4-12/h3-8,10H,9H2,1-2H3,(H,19,21)(H,20,22). The first-order valence-corrected chi connectivity index (χ1v) is 7.77. The number of hydrogen-bond donors (Lipinski definition) is 2. The van der Waals surface area contributed by atoms with Gasteiger partial charge in [-0.3, -0.25) is 9.59 Å². The van der Waals surface area contributed by atoms with Gasteiger partial charge in [-0.25, -0.2) is 0 Å². The van der Waals surface area contributed by atoms with Gasteiger partial charge in [0.05, 0.1) is 19.2 Å². The van der Waals surface area contributed by atoms with Crippen molar-refractivity contribution in [1.82, 2.24) is 0 Å². The van der Waals surface area contributed by atoms with Crippen LogP contribution in [0.25, 0.3) is 0 Å². The molecule has 23 heavy (non-hydrogen) atoms. The molecule has 0 heterocycles. The number of rotatable bonds is 5. The molecular formula is C17H17BrN2O3. The second-order valence-electron chi connectivity index (χ2n) is 4.95. The van der Waals surface area contributed by atoms with Crippen molar-refractivity contribution in [2.45, 2.75) is 13.3 Å². The van der Waals surface area contributed by atoms with E-state index in [1.165, 1.54) is 14.0 Å². The number of carbonyl (C=O) groups excluding carboxylic acids is 2. The molecular weight excluding hydrogens is 360 g/mol. The van der Waals surface area contributed by atoms with Crippen molar-refractivity contribution in [3.05, 3.63) is 52.5 Å². The van der Waals surface area contributed by atoms with Crippen molar-refractivity contribution in [3.8, 4) is 5.75 Å². The highest BCUT2D eigenvalue weighted by Gasteiger charge is 2.10. The van der Waals surface area contributed by atoms with Crippen molar-refractivity contribution >= 4 is 39.1 Å². The molecule has 0 aliphatic rings. The first-order chi connectivity index (χ1) is 11.0. The highest BCUT2D eigenvalue weighted by atomic mass is 79.9. The largest absolute Gasteiger partial charge is 0.495 e. The maximum Gasteiger partial charge on any atom is 0.228 e. The molecule has 120 valence electrons. The fourth-order valence-corrected chi connectivity index (χ4v) is 2.33. The molecule has 2 aromatic carbocycles. The van der Waals surface area contributed by atoms with Gasteiger partial charge in [-0.15, -0.1) is 0 Å². The molecule has 0 fully saturated rings. The van der Waals surface area contributed by atoms with Gasteiger partial charge in [0.1, 0.15) is 5.75 Å². The van der Waals surface area contributed by atoms with Crippen LogP contribution in [-0.4, -0.2) is 18.9 Å². The first kappa shape index (κ1) is 17.0. The van der Waals surface area contributed by atoms with Crippen molar-refractivity contribution in [1.29, 1.82) is 0 Å². The molecule has 0 aromatic heterocycles. The summed E-state index contributed by atoms with van der Waals surface area (Å²) in [4.78, 5) is 23.3. The molecule has 0 unspecified atom stereocenters. The van der Waals surface area contributed by atoms with Gasteiger partial charge in [-0.05, 0) is 35.9 Å². The topological polar surface area (TPSA) is 67.4 Å². The number of benzene rings is 2. The highest BCUT2D eigenvalue weighted by Crippen LogP contribution is 2.28. The third-order valence-electron chi connectivity index (χ3n) is 3.07. The molecule has 0 saturated heterocycles. The number of nitrogens with one attached hydrogen (secondary N) is 2. The molecule has 0 atom stereocenters. The van der Waals surface area contributed by atoms with E-state index in [4.69, 9.17) is 4.74 Å². The van der Waals surface area contributed by atoms with Crippen LogP contribution in [0.2, 0.25) is 0 Å². The van der Waals surface area contributed by atoms with Crippen LogP contribution in [0.3, 0.4) is 0 Å². The Hall–Kier alpha value is -2.34. The van der Waals surface area contributed by atoms with Gasteiger partial charge in [-0.1, -0.05) is 28.1 Å². The van der Waals surface area contributed by atoms with Gasteiger partial charge in [0.25, 0.3) is 0 Å². The minimum atomic E-state index is -0.178. The number of methoxy groups -OCH3 is 1. The highest BCUT2D eigenvalue weighted by molar-refractivity contribution is 9.10. The lowest BCUT2D eigenvalue weighted by molar-refractivity contribution is -0.116. The van der Waals surface area contributed by atoms with Crippen molar-refractivity contribution in [2.24, 2.45) is 0 Å². The first-order valence-electron chi connectivity index (χ1n) is 6.98. The summed E-state index contributed by atoms with van der Waals surface area (Å²) in [5.41, 5.74) is 2.01. The average molecular weight is 377 g/mol. The van der Waals surface area contributed by atoms with Crippen molar-refractivity contribution < 1.29 is 14.3 Å². The van der Waals surface area contributed by atoms with Crippen molar-refractivity contribution in [3.63, 3.8) is 0 Å². The van der Waals surface area contributed by atoms with E-state index in [9.17, 15) is 9.59 Å². The summed E-state index contributed by atoms with van der Waals surface area (Å²) in [6.07, 6.45) is 0.251. The van der Waals surface area contributed by atoms with E-state index in [2.05, 4.69) is 26.6 Å². The van der Waals surface area contributed by atoms with E-state index in [1.807, 2.05) is 24.3 Å². The Labute approximate surface area is 143 Å². The fraction of sp³-hybridized carbons (Fsp3) is 0.176. The van der Waals surface area contributed by atoms with Crippen LogP contribution in [0.15, 0.2) is 46.9 Å². The summed E-state index contributed by atoms with van der Waals surface area (Å²) < 4.78 is 6.20.